The van der Waals surface area contributed by atoms with Crippen LogP contribution in [0.5, 0.6) is 0 Å². The van der Waals surface area contributed by atoms with E-state index in [1.807, 2.05) is 5.38 Å². The summed E-state index contributed by atoms with van der Waals surface area (Å²) in [5, 5.41) is 14.7. The molecule has 0 fully saturated rings. The van der Waals surface area contributed by atoms with Crippen molar-refractivity contribution >= 4 is 40.0 Å². The van der Waals surface area contributed by atoms with Gasteiger partial charge in [-0.25, -0.2) is 4.79 Å². The molecule has 0 atom stereocenters. The molecule has 29 heavy (non-hydrogen) atoms. The fourth-order valence-electron chi connectivity index (χ4n) is 3.36. The molecule has 0 spiro atoms. The lowest BCUT2D eigenvalue weighted by Crippen LogP contribution is -2.17. The Morgan fingerprint density at radius 1 is 1.31 bits per heavy atom. The second-order valence-corrected chi connectivity index (χ2v) is 9.30. The van der Waals surface area contributed by atoms with Crippen LogP contribution in [0.15, 0.2) is 10.5 Å². The summed E-state index contributed by atoms with van der Waals surface area (Å²) in [6, 6.07) is 0. The van der Waals surface area contributed by atoms with Gasteiger partial charge < -0.3 is 14.6 Å². The van der Waals surface area contributed by atoms with Gasteiger partial charge >= 0.3 is 5.97 Å². The first-order valence-electron chi connectivity index (χ1n) is 10.1. The molecule has 0 aliphatic carbocycles. The van der Waals surface area contributed by atoms with Gasteiger partial charge in [-0.1, -0.05) is 32.0 Å². The summed E-state index contributed by atoms with van der Waals surface area (Å²) in [6.07, 6.45) is 5.15. The molecule has 2 aromatic rings. The molecule has 3 heterocycles. The molecule has 0 bridgehead atoms. The normalized spacial score (nSPS) is 13.8. The summed E-state index contributed by atoms with van der Waals surface area (Å²) >= 11 is 2.76. The second-order valence-electron chi connectivity index (χ2n) is 7.48. The van der Waals surface area contributed by atoms with Crippen LogP contribution in [0.25, 0.3) is 0 Å². The Morgan fingerprint density at radius 3 is 2.90 bits per heavy atom. The van der Waals surface area contributed by atoms with Crippen molar-refractivity contribution in [1.82, 2.24) is 14.8 Å². The van der Waals surface area contributed by atoms with Crippen LogP contribution in [0.3, 0.4) is 0 Å². The number of anilines is 1. The van der Waals surface area contributed by atoms with E-state index in [1.165, 1.54) is 29.5 Å². The first kappa shape index (κ1) is 21.8. The van der Waals surface area contributed by atoms with Crippen molar-refractivity contribution in [2.75, 3.05) is 17.7 Å². The number of hydrogen-bond donors (Lipinski definition) is 1. The lowest BCUT2D eigenvalue weighted by atomic mass is 10.0. The minimum absolute atomic E-state index is 0.163. The maximum absolute atomic E-state index is 12.6. The van der Waals surface area contributed by atoms with Crippen molar-refractivity contribution in [3.05, 3.63) is 22.3 Å². The van der Waals surface area contributed by atoms with E-state index in [9.17, 15) is 9.59 Å². The van der Waals surface area contributed by atoms with Crippen LogP contribution in [0.2, 0.25) is 0 Å². The van der Waals surface area contributed by atoms with Gasteiger partial charge in [-0.2, -0.15) is 0 Å². The number of thiophene rings is 1. The highest BCUT2D eigenvalue weighted by atomic mass is 32.2. The van der Waals surface area contributed by atoms with Crippen LogP contribution >= 0.6 is 23.1 Å². The first-order chi connectivity index (χ1) is 14.0. The van der Waals surface area contributed by atoms with Crippen molar-refractivity contribution in [2.24, 2.45) is 5.92 Å². The van der Waals surface area contributed by atoms with Gasteiger partial charge in [-0.05, 0) is 43.0 Å². The molecule has 0 aromatic carbocycles. The third kappa shape index (κ3) is 5.60. The maximum atomic E-state index is 12.6. The first-order valence-corrected chi connectivity index (χ1v) is 12.0. The number of nitrogens with one attached hydrogen (secondary N) is 1. The van der Waals surface area contributed by atoms with Gasteiger partial charge in [0.2, 0.25) is 5.91 Å². The number of thioether (sulfide) groups is 1. The topological polar surface area (TPSA) is 86.1 Å². The van der Waals surface area contributed by atoms with E-state index in [0.29, 0.717) is 23.1 Å². The van der Waals surface area contributed by atoms with Crippen LogP contribution in [-0.2, 0) is 28.9 Å². The van der Waals surface area contributed by atoms with Gasteiger partial charge in [0.05, 0.1) is 17.9 Å². The maximum Gasteiger partial charge on any atom is 0.341 e. The number of ether oxygens (including phenoxy) is 1. The summed E-state index contributed by atoms with van der Waals surface area (Å²) in [5.74, 6) is 1.09. The van der Waals surface area contributed by atoms with Crippen molar-refractivity contribution in [3.8, 4) is 0 Å². The number of aromatic nitrogens is 3. The van der Waals surface area contributed by atoms with Gasteiger partial charge in [-0.15, -0.1) is 21.5 Å². The van der Waals surface area contributed by atoms with E-state index >= 15 is 0 Å². The van der Waals surface area contributed by atoms with Gasteiger partial charge in [0, 0.05) is 13.0 Å². The standard InChI is InChI=1S/C20H28N4O3S2/c1-4-27-19(26)17-14(10-13(2)3)11-28-18(17)21-16(25)12-29-20-23-22-15-8-6-5-7-9-24(15)20/h11,13H,4-10,12H2,1-3H3,(H,21,25). The molecule has 2 aromatic heterocycles. The molecule has 1 aliphatic rings. The Labute approximate surface area is 179 Å². The number of esters is 1. The van der Waals surface area contributed by atoms with E-state index in [1.54, 1.807) is 6.92 Å². The van der Waals surface area contributed by atoms with E-state index < -0.39 is 0 Å². The Balaban J connectivity index is 1.67. The minimum atomic E-state index is -0.380. The molecule has 158 valence electrons. The fraction of sp³-hybridized carbons (Fsp3) is 0.600. The number of hydrogen-bond acceptors (Lipinski definition) is 7. The highest BCUT2D eigenvalue weighted by Crippen LogP contribution is 2.31. The predicted molar refractivity (Wildman–Crippen MR) is 116 cm³/mol. The lowest BCUT2D eigenvalue weighted by molar-refractivity contribution is -0.113. The summed E-state index contributed by atoms with van der Waals surface area (Å²) in [4.78, 5) is 25.0. The lowest BCUT2D eigenvalue weighted by Gasteiger charge is -2.10. The van der Waals surface area contributed by atoms with E-state index in [0.717, 1.165) is 48.8 Å². The monoisotopic (exact) mass is 436 g/mol. The van der Waals surface area contributed by atoms with Crippen LogP contribution in [-0.4, -0.2) is 39.0 Å². The molecular weight excluding hydrogens is 408 g/mol. The highest BCUT2D eigenvalue weighted by Gasteiger charge is 2.23. The minimum Gasteiger partial charge on any atom is -0.462 e. The van der Waals surface area contributed by atoms with Crippen LogP contribution < -0.4 is 5.32 Å². The molecular formula is C20H28N4O3S2. The zero-order chi connectivity index (χ0) is 20.8. The van der Waals surface area contributed by atoms with Crippen molar-refractivity contribution in [1.29, 1.82) is 0 Å². The van der Waals surface area contributed by atoms with Crippen molar-refractivity contribution in [3.63, 3.8) is 0 Å². The molecule has 0 unspecified atom stereocenters. The highest BCUT2D eigenvalue weighted by molar-refractivity contribution is 7.99. The van der Waals surface area contributed by atoms with Crippen molar-refractivity contribution < 1.29 is 14.3 Å². The van der Waals surface area contributed by atoms with Crippen LogP contribution in [0.1, 0.15) is 61.8 Å². The zero-order valence-electron chi connectivity index (χ0n) is 17.2. The number of nitrogens with zero attached hydrogens (tertiary/aromatic N) is 3. The summed E-state index contributed by atoms with van der Waals surface area (Å²) in [5.41, 5.74) is 1.41. The van der Waals surface area contributed by atoms with E-state index in [4.69, 9.17) is 4.74 Å². The van der Waals surface area contributed by atoms with Crippen LogP contribution in [0, 0.1) is 5.92 Å². The predicted octanol–water partition coefficient (Wildman–Crippen LogP) is 4.17. The van der Waals surface area contributed by atoms with Gasteiger partial charge in [0.1, 0.15) is 10.8 Å². The average Bonchev–Trinajstić information content (AvgIpc) is 3.15. The van der Waals surface area contributed by atoms with Crippen molar-refractivity contribution in [2.45, 2.75) is 64.6 Å². The van der Waals surface area contributed by atoms with Gasteiger partial charge in [-0.3, -0.25) is 4.79 Å². The van der Waals surface area contributed by atoms with E-state index in [-0.39, 0.29) is 17.6 Å². The molecule has 7 nitrogen and oxygen atoms in total. The Morgan fingerprint density at radius 2 is 2.14 bits per heavy atom. The van der Waals surface area contributed by atoms with Crippen LogP contribution in [0.4, 0.5) is 5.00 Å². The molecule has 0 saturated carbocycles. The fourth-order valence-corrected chi connectivity index (χ4v) is 5.12. The molecule has 1 N–H and O–H groups in total. The summed E-state index contributed by atoms with van der Waals surface area (Å²) in [7, 11) is 0. The SMILES string of the molecule is CCOC(=O)c1c(CC(C)C)csc1NC(=O)CSc1nnc2n1CCCCC2. The van der Waals surface area contributed by atoms with Gasteiger partial charge in [0.15, 0.2) is 5.16 Å². The Hall–Kier alpha value is -1.87. The number of carbonyl (C=O) groups excluding carboxylic acids is 2. The number of carbonyl (C=O) groups is 2. The number of rotatable bonds is 8. The quantitative estimate of drug-likeness (QED) is 0.494. The number of amides is 1. The summed E-state index contributed by atoms with van der Waals surface area (Å²) < 4.78 is 7.34. The number of aryl methyl sites for hydroxylation is 1. The molecule has 9 heteroatoms. The molecule has 3 rings (SSSR count). The molecule has 1 aliphatic heterocycles. The second kappa shape index (κ2) is 10.2. The molecule has 1 amide bonds. The smallest absolute Gasteiger partial charge is 0.341 e. The third-order valence-corrected chi connectivity index (χ3v) is 6.55. The Bertz CT molecular complexity index is 860. The Kier molecular flexibility index (Phi) is 7.71. The zero-order valence-corrected chi connectivity index (χ0v) is 18.8. The van der Waals surface area contributed by atoms with E-state index in [2.05, 4.69) is 33.9 Å². The molecule has 0 saturated heterocycles. The number of fused-ring (bicyclic) bond motifs is 1. The molecule has 0 radical (unpaired) electrons. The summed E-state index contributed by atoms with van der Waals surface area (Å²) in [6.45, 7) is 7.19. The third-order valence-electron chi connectivity index (χ3n) is 4.64. The average molecular weight is 437 g/mol. The largest absolute Gasteiger partial charge is 0.462 e. The van der Waals surface area contributed by atoms with Gasteiger partial charge in [0.25, 0.3) is 0 Å².